The van der Waals surface area contributed by atoms with Crippen molar-refractivity contribution >= 4 is 197 Å². The minimum absolute atomic E-state index is 0. The van der Waals surface area contributed by atoms with Crippen LogP contribution in [0, 0.1) is 0 Å². The number of halogens is 4. The Morgan fingerprint density at radius 2 is 1.12 bits per heavy atom. The Kier molecular flexibility index (Phi) is 79.3. The molecule has 1 fully saturated rings. The van der Waals surface area contributed by atoms with Crippen molar-refractivity contribution in [1.82, 2.24) is 0 Å². The van der Waals surface area contributed by atoms with Gasteiger partial charge in [-0.15, -0.1) is 0 Å². The Hall–Kier alpha value is 8.34. The van der Waals surface area contributed by atoms with E-state index in [4.69, 9.17) is 40.0 Å². The van der Waals surface area contributed by atoms with E-state index in [9.17, 15) is 0 Å². The van der Waals surface area contributed by atoms with Crippen molar-refractivity contribution in [1.29, 1.82) is 0 Å². The van der Waals surface area contributed by atoms with E-state index >= 15 is 0 Å². The van der Waals surface area contributed by atoms with Crippen LogP contribution in [0.15, 0.2) is 0 Å². The van der Waals surface area contributed by atoms with E-state index < -0.39 is 38.2 Å². The standard InChI is InChI=1S/C3H6Te2.C2H6Cl2Ge.2C2H6ClGe.4Li.Te2.H/c1-2-5-3-4-1;1-5(2,3)4;2*1-4(2)3;;;;;1-2;/h1-3H2;1-2H3;2*1-2H3;;;;;;/q;;;;;;-1;+1;;-1/p+1. The van der Waals surface area contributed by atoms with Crippen molar-refractivity contribution in [3.05, 3.63) is 0 Å². The van der Waals surface area contributed by atoms with Gasteiger partial charge in [0.2, 0.25) is 0 Å². The van der Waals surface area contributed by atoms with E-state index in [0.717, 1.165) is 0 Å². The Balaban J connectivity index is -0.0000000313. The quantitative estimate of drug-likeness (QED) is 0.314. The van der Waals surface area contributed by atoms with Gasteiger partial charge in [0.25, 0.3) is 0 Å². The summed E-state index contributed by atoms with van der Waals surface area (Å²) in [7, 11) is 21.8. The number of hydrogen-bond donors (Lipinski definition) is 0. The molecule has 0 unspecified atom stereocenters. The molecule has 0 aromatic heterocycles. The molecule has 15 heteroatoms. The molecule has 0 aliphatic carbocycles. The van der Waals surface area contributed by atoms with Crippen LogP contribution in [0.1, 0.15) is 1.43 Å². The summed E-state index contributed by atoms with van der Waals surface area (Å²) in [6.45, 7) is 0. The fraction of sp³-hybridized carbons (Fsp3) is 1.00. The van der Waals surface area contributed by atoms with Crippen molar-refractivity contribution in [2.24, 2.45) is 0 Å². The zero-order valence-corrected chi connectivity index (χ0v) is 35.7. The van der Waals surface area contributed by atoms with Gasteiger partial charge in [-0.25, -0.2) is 0 Å². The predicted molar refractivity (Wildman–Crippen MR) is 133 cm³/mol. The van der Waals surface area contributed by atoms with Gasteiger partial charge in [-0.05, 0) is 0 Å². The maximum atomic E-state index is 5.48. The summed E-state index contributed by atoms with van der Waals surface area (Å²) in [5.41, 5.74) is 0. The molecule has 0 aromatic rings. The van der Waals surface area contributed by atoms with Crippen molar-refractivity contribution in [2.75, 3.05) is 0 Å². The van der Waals surface area contributed by atoms with E-state index in [2.05, 4.69) is 55.2 Å². The molecule has 0 spiro atoms. The van der Waals surface area contributed by atoms with Crippen LogP contribution in [-0.2, 0) is 0 Å². The molecule has 1 aliphatic heterocycles. The van der Waals surface area contributed by atoms with E-state index in [1.54, 1.807) is 11.5 Å². The first-order chi connectivity index (χ1) is 10.4. The van der Waals surface area contributed by atoms with Crippen LogP contribution >= 0.6 is 40.0 Å². The van der Waals surface area contributed by atoms with Gasteiger partial charge in [-0.2, -0.15) is 0 Å². The second-order valence-electron chi connectivity index (χ2n) is 4.20. The summed E-state index contributed by atoms with van der Waals surface area (Å²) >= 11 is 6.41. The number of rotatable bonds is 0. The van der Waals surface area contributed by atoms with Gasteiger partial charge in [-0.1, -0.05) is 0 Å². The van der Waals surface area contributed by atoms with Crippen LogP contribution in [0.2, 0.25) is 46.0 Å². The molecule has 1 saturated heterocycles. The molecule has 0 amide bonds. The van der Waals surface area contributed by atoms with Gasteiger partial charge in [-0.3, -0.25) is 0 Å². The van der Waals surface area contributed by atoms with Crippen LogP contribution in [0.4, 0.5) is 0 Å². The van der Waals surface area contributed by atoms with Gasteiger partial charge in [0, 0.05) is 0 Å². The summed E-state index contributed by atoms with van der Waals surface area (Å²) < 4.78 is 5.14. The van der Waals surface area contributed by atoms with Crippen molar-refractivity contribution in [3.8, 4) is 0 Å². The molecule has 130 valence electrons. The van der Waals surface area contributed by atoms with Gasteiger partial charge in [0.1, 0.15) is 0 Å². The molecular formula is C9H26Cl4Ge3Li4Te4. The Labute approximate surface area is 256 Å². The summed E-state index contributed by atoms with van der Waals surface area (Å²) in [4.78, 5) is 0. The normalized spacial score (nSPS) is 11.6. The molecule has 2 radical (unpaired) electrons. The maximum absolute atomic E-state index is 5.48. The first kappa shape index (κ1) is 45.8. The number of hydrogen-bond acceptors (Lipinski definition) is 0. The third kappa shape index (κ3) is 147. The average molecular weight is 1030 g/mol. The second kappa shape index (κ2) is 41.6. The van der Waals surface area contributed by atoms with Gasteiger partial charge in [0.05, 0.1) is 0 Å². The topological polar surface area (TPSA) is 0 Å². The zero-order valence-electron chi connectivity index (χ0n) is 17.8. The first-order valence-electron chi connectivity index (χ1n) is 7.04. The molecule has 0 aromatic carbocycles. The molecule has 1 heterocycles. The monoisotopic (exact) mass is 1040 g/mol. The minimum atomic E-state index is -2.06. The van der Waals surface area contributed by atoms with E-state index in [1.807, 2.05) is 42.3 Å². The molecule has 0 bridgehead atoms. The third-order valence-electron chi connectivity index (χ3n) is 0.539. The molecule has 0 saturated carbocycles. The molecule has 1 aliphatic rings. The van der Waals surface area contributed by atoms with Gasteiger partial charge < -0.3 is 1.43 Å². The molecule has 0 atom stereocenters. The van der Waals surface area contributed by atoms with E-state index in [1.165, 1.54) is 0 Å². The van der Waals surface area contributed by atoms with E-state index in [-0.39, 0.29) is 20.3 Å². The van der Waals surface area contributed by atoms with Crippen molar-refractivity contribution < 1.29 is 20.3 Å². The molecule has 1 rings (SSSR count). The van der Waals surface area contributed by atoms with Crippen LogP contribution in [-0.4, -0.2) is 157 Å². The van der Waals surface area contributed by atoms with Crippen LogP contribution < -0.4 is 18.9 Å². The molecule has 24 heavy (non-hydrogen) atoms. The Morgan fingerprint density at radius 3 is 1.17 bits per heavy atom. The summed E-state index contributed by atoms with van der Waals surface area (Å²) in [5.74, 6) is 12.2. The van der Waals surface area contributed by atoms with Crippen LogP contribution in [0.3, 0.4) is 0 Å². The third-order valence-corrected chi connectivity index (χ3v) is 13.2. The fourth-order valence-electron chi connectivity index (χ4n) is 0.295. The summed E-state index contributed by atoms with van der Waals surface area (Å²) in [5, 5.41) is 0. The average Bonchev–Trinajstić information content (AvgIpc) is 2.86. The van der Waals surface area contributed by atoms with Crippen molar-refractivity contribution in [2.45, 2.75) is 46.0 Å². The summed E-state index contributed by atoms with van der Waals surface area (Å²) in [6, 6.07) is 0. The Morgan fingerprint density at radius 1 is 1.00 bits per heavy atom. The Bertz CT molecular complexity index is 187. The zero-order chi connectivity index (χ0) is 19.9. The van der Waals surface area contributed by atoms with Crippen LogP contribution in [0.5, 0.6) is 0 Å². The first-order valence-corrected chi connectivity index (χ1v) is 47.8. The fourth-order valence-corrected chi connectivity index (χ4v) is 13.3. The SMILES string of the molecule is C1C[Te]C[Te]1.[CH3][Ge]([CH3])([Cl])[Cl].[CH3][Ge]([CH3])[Cl].[CH3][Ge]([CH3])[Cl].[H-].[Li+].[Li][Li].[Li][TeH]=[Te]. The second-order valence-corrected chi connectivity index (χ2v) is 53.7. The molecular weight excluding hydrogens is 1010 g/mol. The molecule has 0 nitrogen and oxygen atoms in total. The predicted octanol–water partition coefficient (Wildman–Crippen LogP) is 0.684. The van der Waals surface area contributed by atoms with Crippen LogP contribution in [0.25, 0.3) is 0 Å². The summed E-state index contributed by atoms with van der Waals surface area (Å²) in [6.07, 6.45) is 0. The van der Waals surface area contributed by atoms with Gasteiger partial charge in [0.15, 0.2) is 0 Å². The van der Waals surface area contributed by atoms with Crippen molar-refractivity contribution in [3.63, 3.8) is 0 Å². The van der Waals surface area contributed by atoms with Gasteiger partial charge >= 0.3 is 262 Å². The molecule has 0 N–H and O–H groups in total. The van der Waals surface area contributed by atoms with E-state index in [0.29, 0.717) is 55.6 Å².